The highest BCUT2D eigenvalue weighted by Crippen LogP contribution is 2.47. The monoisotopic (exact) mass is 462 g/mol. The summed E-state index contributed by atoms with van der Waals surface area (Å²) in [6, 6.07) is 28.4. The van der Waals surface area contributed by atoms with Crippen molar-refractivity contribution in [2.45, 2.75) is 53.4 Å². The van der Waals surface area contributed by atoms with E-state index in [1.165, 1.54) is 11.1 Å². The number of ether oxygens (including phenoxy) is 1. The van der Waals surface area contributed by atoms with Crippen molar-refractivity contribution in [3.63, 3.8) is 0 Å². The van der Waals surface area contributed by atoms with Crippen molar-refractivity contribution >= 4 is 5.97 Å². The molecule has 0 aliphatic rings. The summed E-state index contributed by atoms with van der Waals surface area (Å²) >= 11 is 0. The molecule has 2 nitrogen and oxygen atoms in total. The van der Waals surface area contributed by atoms with Crippen LogP contribution in [0.2, 0.25) is 0 Å². The molecular weight excluding hydrogens is 428 g/mol. The zero-order valence-corrected chi connectivity index (χ0v) is 21.6. The van der Waals surface area contributed by atoms with E-state index in [9.17, 15) is 4.79 Å². The van der Waals surface area contributed by atoms with Gasteiger partial charge in [0.25, 0.3) is 0 Å². The maximum absolute atomic E-state index is 13.4. The maximum atomic E-state index is 13.4. The quantitative estimate of drug-likeness (QED) is 0.211. The average molecular weight is 463 g/mol. The molecule has 0 fully saturated rings. The minimum atomic E-state index is -0.345. The van der Waals surface area contributed by atoms with E-state index >= 15 is 0 Å². The van der Waals surface area contributed by atoms with Gasteiger partial charge < -0.3 is 4.74 Å². The molecule has 0 atom stereocenters. The molecular formula is C33H34O2. The number of carbonyl (C=O) groups excluding carboxylic acids is 1. The Labute approximate surface area is 209 Å². The molecule has 0 unspecified atom stereocenters. The highest BCUT2D eigenvalue weighted by molar-refractivity contribution is 5.96. The Balaban J connectivity index is 2.06. The van der Waals surface area contributed by atoms with Crippen molar-refractivity contribution in [1.82, 2.24) is 0 Å². The first-order valence-corrected chi connectivity index (χ1v) is 12.4. The van der Waals surface area contributed by atoms with Gasteiger partial charge in [0.2, 0.25) is 0 Å². The molecule has 0 amide bonds. The van der Waals surface area contributed by atoms with E-state index in [1.807, 2.05) is 18.2 Å². The fraction of sp³-hybridized carbons (Fsp3) is 0.242. The highest BCUT2D eigenvalue weighted by atomic mass is 16.5. The van der Waals surface area contributed by atoms with Gasteiger partial charge in [-0.25, -0.2) is 4.79 Å². The number of hydrogen-bond acceptors (Lipinski definition) is 2. The van der Waals surface area contributed by atoms with E-state index < -0.39 is 0 Å². The number of benzene rings is 4. The second-order valence-electron chi connectivity index (χ2n) is 9.83. The maximum Gasteiger partial charge on any atom is 0.343 e. The molecule has 0 heterocycles. The van der Waals surface area contributed by atoms with Crippen LogP contribution in [0, 0.1) is 13.8 Å². The van der Waals surface area contributed by atoms with Gasteiger partial charge in [-0.15, -0.1) is 0 Å². The van der Waals surface area contributed by atoms with Crippen LogP contribution in [0.3, 0.4) is 0 Å². The number of aryl methyl sites for hydroxylation is 2. The summed E-state index contributed by atoms with van der Waals surface area (Å²) in [7, 11) is 0. The lowest BCUT2D eigenvalue weighted by Crippen LogP contribution is -2.12. The Bertz CT molecular complexity index is 1270. The van der Waals surface area contributed by atoms with E-state index in [0.29, 0.717) is 23.1 Å². The Hall–Kier alpha value is -3.65. The lowest BCUT2D eigenvalue weighted by molar-refractivity contribution is 0.0736. The van der Waals surface area contributed by atoms with Crippen LogP contribution in [0.4, 0.5) is 0 Å². The topological polar surface area (TPSA) is 26.3 Å². The molecule has 0 spiro atoms. The smallest absolute Gasteiger partial charge is 0.343 e. The standard InChI is InChI=1S/C33H34O2/c1-21(2)26-16-10-12-18-28(26)30-23(5)20-24(6)31(29-19-13-11-17-27(29)22(3)4)32(30)35-33(34)25-14-8-7-9-15-25/h7-22H,1-6H3. The van der Waals surface area contributed by atoms with Crippen LogP contribution < -0.4 is 4.74 Å². The summed E-state index contributed by atoms with van der Waals surface area (Å²) in [5, 5.41) is 0. The molecule has 0 aliphatic heterocycles. The largest absolute Gasteiger partial charge is 0.422 e. The third-order valence-corrected chi connectivity index (χ3v) is 6.58. The third kappa shape index (κ3) is 4.93. The molecule has 0 aliphatic carbocycles. The van der Waals surface area contributed by atoms with Crippen molar-refractivity contribution in [2.24, 2.45) is 0 Å². The second-order valence-corrected chi connectivity index (χ2v) is 9.83. The van der Waals surface area contributed by atoms with Crippen LogP contribution in [-0.2, 0) is 0 Å². The van der Waals surface area contributed by atoms with E-state index in [1.54, 1.807) is 12.1 Å². The molecule has 4 aromatic rings. The van der Waals surface area contributed by atoms with Crippen molar-refractivity contribution in [3.05, 3.63) is 113 Å². The van der Waals surface area contributed by atoms with E-state index in [2.05, 4.69) is 96.1 Å². The van der Waals surface area contributed by atoms with Gasteiger partial charge in [0.15, 0.2) is 0 Å². The molecule has 0 aromatic heterocycles. The van der Waals surface area contributed by atoms with Crippen LogP contribution in [0.1, 0.15) is 72.1 Å². The lowest BCUT2D eigenvalue weighted by atomic mass is 9.84. The first-order valence-electron chi connectivity index (χ1n) is 12.4. The normalized spacial score (nSPS) is 11.2. The van der Waals surface area contributed by atoms with Crippen molar-refractivity contribution < 1.29 is 9.53 Å². The number of esters is 1. The Kier molecular flexibility index (Phi) is 7.21. The van der Waals surface area contributed by atoms with Gasteiger partial charge >= 0.3 is 5.97 Å². The van der Waals surface area contributed by atoms with Crippen LogP contribution >= 0.6 is 0 Å². The van der Waals surface area contributed by atoms with Crippen LogP contribution in [0.25, 0.3) is 22.3 Å². The van der Waals surface area contributed by atoms with Gasteiger partial charge in [-0.05, 0) is 71.2 Å². The summed E-state index contributed by atoms with van der Waals surface area (Å²) in [6.07, 6.45) is 0. The van der Waals surface area contributed by atoms with Gasteiger partial charge in [-0.2, -0.15) is 0 Å². The van der Waals surface area contributed by atoms with Crippen molar-refractivity contribution in [3.8, 4) is 28.0 Å². The fourth-order valence-electron chi connectivity index (χ4n) is 4.91. The molecule has 35 heavy (non-hydrogen) atoms. The zero-order valence-electron chi connectivity index (χ0n) is 21.6. The van der Waals surface area contributed by atoms with Gasteiger partial charge in [0.1, 0.15) is 5.75 Å². The predicted molar refractivity (Wildman–Crippen MR) is 146 cm³/mol. The van der Waals surface area contributed by atoms with E-state index in [4.69, 9.17) is 4.74 Å². The highest BCUT2D eigenvalue weighted by Gasteiger charge is 2.25. The number of rotatable bonds is 6. The van der Waals surface area contributed by atoms with Crippen LogP contribution in [-0.4, -0.2) is 5.97 Å². The van der Waals surface area contributed by atoms with E-state index in [0.717, 1.165) is 33.4 Å². The summed E-state index contributed by atoms with van der Waals surface area (Å²) in [5.41, 5.74) is 9.39. The minimum absolute atomic E-state index is 0.330. The summed E-state index contributed by atoms with van der Waals surface area (Å²) in [4.78, 5) is 13.4. The Morgan fingerprint density at radius 1 is 0.629 bits per heavy atom. The SMILES string of the molecule is Cc1cc(C)c(-c2ccccc2C(C)C)c(OC(=O)c2ccccc2)c1-c1ccccc1C(C)C. The Morgan fingerprint density at radius 2 is 1.06 bits per heavy atom. The van der Waals surface area contributed by atoms with Crippen molar-refractivity contribution in [2.75, 3.05) is 0 Å². The second kappa shape index (κ2) is 10.3. The summed E-state index contributed by atoms with van der Waals surface area (Å²) < 4.78 is 6.36. The first kappa shape index (κ1) is 24.5. The minimum Gasteiger partial charge on any atom is -0.422 e. The van der Waals surface area contributed by atoms with Gasteiger partial charge in [0, 0.05) is 11.1 Å². The summed E-state index contributed by atoms with van der Waals surface area (Å²) in [5.74, 6) is 0.951. The molecule has 4 aromatic carbocycles. The molecule has 0 saturated carbocycles. The third-order valence-electron chi connectivity index (χ3n) is 6.58. The van der Waals surface area contributed by atoms with Gasteiger partial charge in [-0.3, -0.25) is 0 Å². The fourth-order valence-corrected chi connectivity index (χ4v) is 4.91. The van der Waals surface area contributed by atoms with E-state index in [-0.39, 0.29) is 5.97 Å². The molecule has 0 saturated heterocycles. The zero-order chi connectivity index (χ0) is 25.1. The summed E-state index contributed by atoms with van der Waals surface area (Å²) in [6.45, 7) is 13.0. The van der Waals surface area contributed by atoms with Gasteiger partial charge in [-0.1, -0.05) is 100 Å². The predicted octanol–water partition coefficient (Wildman–Crippen LogP) is 9.10. The lowest BCUT2D eigenvalue weighted by Gasteiger charge is -2.24. The molecule has 4 rings (SSSR count). The van der Waals surface area contributed by atoms with Gasteiger partial charge in [0.05, 0.1) is 5.56 Å². The number of carbonyl (C=O) groups is 1. The molecule has 0 N–H and O–H groups in total. The van der Waals surface area contributed by atoms with Crippen molar-refractivity contribution in [1.29, 1.82) is 0 Å². The van der Waals surface area contributed by atoms with Crippen LogP contribution in [0.5, 0.6) is 5.75 Å². The molecule has 0 radical (unpaired) electrons. The Morgan fingerprint density at radius 3 is 1.51 bits per heavy atom. The number of hydrogen-bond donors (Lipinski definition) is 0. The molecule has 0 bridgehead atoms. The first-order chi connectivity index (χ1) is 16.8. The molecule has 178 valence electrons. The average Bonchev–Trinajstić information content (AvgIpc) is 2.84. The van der Waals surface area contributed by atoms with Crippen LogP contribution in [0.15, 0.2) is 84.9 Å². The molecule has 2 heteroatoms.